The second-order valence-electron chi connectivity index (χ2n) is 6.65. The Kier molecular flexibility index (Phi) is 5.77. The van der Waals surface area contributed by atoms with Gasteiger partial charge in [-0.15, -0.1) is 10.2 Å². The first-order valence-corrected chi connectivity index (χ1v) is 10.3. The van der Waals surface area contributed by atoms with Crippen LogP contribution in [0.4, 0.5) is 5.69 Å². The number of non-ortho nitro benzene ring substituents is 1. The quantitative estimate of drug-likeness (QED) is 0.185. The van der Waals surface area contributed by atoms with E-state index >= 15 is 0 Å². The Bertz CT molecular complexity index is 1280. The number of aromatic nitrogens is 4. The molecule has 2 heterocycles. The Hall–Kier alpha value is -3.24. The number of nitro groups is 1. The number of nitrogens with zero attached hydrogens (tertiary/aromatic N) is 5. The largest absolute Gasteiger partial charge is 0.385 e. The maximum absolute atomic E-state index is 13.0. The van der Waals surface area contributed by atoms with E-state index in [2.05, 4.69) is 10.2 Å². The van der Waals surface area contributed by atoms with Crippen LogP contribution >= 0.6 is 11.8 Å². The number of para-hydroxylation sites is 1. The van der Waals surface area contributed by atoms with Crippen LogP contribution in [0.15, 0.2) is 58.5 Å². The highest BCUT2D eigenvalue weighted by Gasteiger charge is 2.17. The van der Waals surface area contributed by atoms with Crippen molar-refractivity contribution in [2.24, 2.45) is 0 Å². The third kappa shape index (κ3) is 3.79. The number of thioether (sulfide) groups is 1. The molecule has 0 radical (unpaired) electrons. The number of nitro benzene ring substituents is 1. The van der Waals surface area contributed by atoms with Gasteiger partial charge in [0.1, 0.15) is 0 Å². The monoisotopic (exact) mass is 425 g/mol. The standard InChI is InChI=1S/C20H19N5O4S/c1-29-11-5-10-23-18(26)16-8-2-3-9-17(16)24-19(23)21-22-20(24)30-13-14-6-4-7-15(12-14)25(27)28/h2-4,6-9,12H,5,10-11,13H2,1H3. The summed E-state index contributed by atoms with van der Waals surface area (Å²) in [5.74, 6) is 0.955. The molecule has 0 saturated carbocycles. The molecule has 0 unspecified atom stereocenters. The molecule has 0 N–H and O–H groups in total. The minimum absolute atomic E-state index is 0.0524. The van der Waals surface area contributed by atoms with Crippen molar-refractivity contribution in [3.8, 4) is 0 Å². The maximum Gasteiger partial charge on any atom is 0.269 e. The van der Waals surface area contributed by atoms with Crippen molar-refractivity contribution in [3.63, 3.8) is 0 Å². The number of rotatable bonds is 8. The number of methoxy groups -OCH3 is 1. The fourth-order valence-electron chi connectivity index (χ4n) is 3.30. The molecule has 0 aliphatic carbocycles. The normalized spacial score (nSPS) is 11.4. The van der Waals surface area contributed by atoms with Gasteiger partial charge in [-0.3, -0.25) is 23.9 Å². The van der Waals surface area contributed by atoms with Gasteiger partial charge in [0.25, 0.3) is 11.2 Å². The van der Waals surface area contributed by atoms with Gasteiger partial charge in [0.05, 0.1) is 15.8 Å². The third-order valence-electron chi connectivity index (χ3n) is 4.70. The highest BCUT2D eigenvalue weighted by Crippen LogP contribution is 2.26. The van der Waals surface area contributed by atoms with Crippen molar-refractivity contribution in [3.05, 3.63) is 74.6 Å². The second kappa shape index (κ2) is 8.64. The van der Waals surface area contributed by atoms with E-state index in [0.29, 0.717) is 41.6 Å². The first-order valence-electron chi connectivity index (χ1n) is 9.32. The summed E-state index contributed by atoms with van der Waals surface area (Å²) in [6.45, 7) is 1.00. The number of hydrogen-bond acceptors (Lipinski definition) is 7. The molecule has 2 aromatic heterocycles. The number of fused-ring (bicyclic) bond motifs is 3. The molecule has 0 fully saturated rings. The van der Waals surface area contributed by atoms with Gasteiger partial charge in [0.2, 0.25) is 5.78 Å². The second-order valence-corrected chi connectivity index (χ2v) is 7.60. The number of aryl methyl sites for hydroxylation is 1. The molecule has 4 aromatic rings. The van der Waals surface area contributed by atoms with E-state index in [9.17, 15) is 14.9 Å². The minimum atomic E-state index is -0.410. The average Bonchev–Trinajstić information content (AvgIpc) is 3.19. The lowest BCUT2D eigenvalue weighted by Crippen LogP contribution is -2.24. The molecule has 0 spiro atoms. The molecular formula is C20H19N5O4S. The molecule has 9 nitrogen and oxygen atoms in total. The highest BCUT2D eigenvalue weighted by atomic mass is 32.2. The number of benzene rings is 2. The predicted octanol–water partition coefficient (Wildman–Crippen LogP) is 3.28. The lowest BCUT2D eigenvalue weighted by Gasteiger charge is -2.11. The van der Waals surface area contributed by atoms with E-state index in [1.54, 1.807) is 29.9 Å². The van der Waals surface area contributed by atoms with E-state index in [4.69, 9.17) is 4.74 Å². The fraction of sp³-hybridized carbons (Fsp3) is 0.250. The van der Waals surface area contributed by atoms with E-state index < -0.39 is 4.92 Å². The van der Waals surface area contributed by atoms with Gasteiger partial charge in [0.15, 0.2) is 5.16 Å². The molecule has 0 saturated heterocycles. The first kappa shape index (κ1) is 20.0. The van der Waals surface area contributed by atoms with Gasteiger partial charge >= 0.3 is 0 Å². The van der Waals surface area contributed by atoms with Gasteiger partial charge in [-0.25, -0.2) is 0 Å². The average molecular weight is 425 g/mol. The van der Waals surface area contributed by atoms with Gasteiger partial charge in [-0.1, -0.05) is 36.0 Å². The van der Waals surface area contributed by atoms with Crippen molar-refractivity contribution in [1.29, 1.82) is 0 Å². The van der Waals surface area contributed by atoms with E-state index in [0.717, 1.165) is 11.1 Å². The van der Waals surface area contributed by atoms with Crippen LogP contribution in [0, 0.1) is 10.1 Å². The summed E-state index contributed by atoms with van der Waals surface area (Å²) in [6.07, 6.45) is 0.674. The Morgan fingerprint density at radius 3 is 2.80 bits per heavy atom. The van der Waals surface area contributed by atoms with Crippen molar-refractivity contribution in [2.75, 3.05) is 13.7 Å². The highest BCUT2D eigenvalue weighted by molar-refractivity contribution is 7.98. The Morgan fingerprint density at radius 2 is 2.00 bits per heavy atom. The molecule has 4 rings (SSSR count). The van der Waals surface area contributed by atoms with Crippen molar-refractivity contribution < 1.29 is 9.66 Å². The van der Waals surface area contributed by atoms with Gasteiger partial charge in [-0.05, 0) is 24.1 Å². The van der Waals surface area contributed by atoms with Gasteiger partial charge < -0.3 is 4.74 Å². The van der Waals surface area contributed by atoms with Crippen LogP contribution in [-0.4, -0.2) is 37.8 Å². The fourth-order valence-corrected chi connectivity index (χ4v) is 4.19. The van der Waals surface area contributed by atoms with E-state index in [1.807, 2.05) is 28.7 Å². The zero-order valence-electron chi connectivity index (χ0n) is 16.2. The lowest BCUT2D eigenvalue weighted by atomic mass is 10.2. The molecule has 0 atom stereocenters. The topological polar surface area (TPSA) is 105 Å². The van der Waals surface area contributed by atoms with Crippen molar-refractivity contribution in [1.82, 2.24) is 19.2 Å². The summed E-state index contributed by atoms with van der Waals surface area (Å²) in [5.41, 5.74) is 1.48. The smallest absolute Gasteiger partial charge is 0.269 e. The number of hydrogen-bond donors (Lipinski definition) is 0. The summed E-state index contributed by atoms with van der Waals surface area (Å²) in [4.78, 5) is 23.6. The molecule has 10 heteroatoms. The number of ether oxygens (including phenoxy) is 1. The summed E-state index contributed by atoms with van der Waals surface area (Å²) >= 11 is 1.41. The van der Waals surface area contributed by atoms with Crippen LogP contribution in [0.3, 0.4) is 0 Å². The van der Waals surface area contributed by atoms with Crippen LogP contribution in [0.2, 0.25) is 0 Å². The molecule has 0 aliphatic rings. The third-order valence-corrected chi connectivity index (χ3v) is 5.70. The van der Waals surface area contributed by atoms with Gasteiger partial charge in [-0.2, -0.15) is 0 Å². The van der Waals surface area contributed by atoms with Crippen LogP contribution in [0.1, 0.15) is 12.0 Å². The molecular weight excluding hydrogens is 406 g/mol. The maximum atomic E-state index is 13.0. The zero-order valence-corrected chi connectivity index (χ0v) is 17.0. The predicted molar refractivity (Wildman–Crippen MR) is 114 cm³/mol. The molecule has 30 heavy (non-hydrogen) atoms. The molecule has 2 aromatic carbocycles. The van der Waals surface area contributed by atoms with Crippen molar-refractivity contribution >= 4 is 34.1 Å². The Labute approximate surface area is 175 Å². The molecule has 0 amide bonds. The van der Waals surface area contributed by atoms with E-state index in [1.165, 1.54) is 17.8 Å². The molecule has 0 bridgehead atoms. The molecule has 154 valence electrons. The summed E-state index contributed by atoms with van der Waals surface area (Å²) < 4.78 is 8.60. The Balaban J connectivity index is 1.75. The Morgan fingerprint density at radius 1 is 1.17 bits per heavy atom. The van der Waals surface area contributed by atoms with Crippen LogP contribution < -0.4 is 5.56 Å². The summed E-state index contributed by atoms with van der Waals surface area (Å²) in [7, 11) is 1.62. The van der Waals surface area contributed by atoms with Crippen molar-refractivity contribution in [2.45, 2.75) is 23.9 Å². The van der Waals surface area contributed by atoms with Crippen LogP contribution in [-0.2, 0) is 17.0 Å². The van der Waals surface area contributed by atoms with Gasteiger partial charge in [0, 0.05) is 38.1 Å². The lowest BCUT2D eigenvalue weighted by molar-refractivity contribution is -0.384. The SMILES string of the molecule is COCCCn1c(=O)c2ccccc2n2c(SCc3cccc([N+](=O)[O-])c3)nnc12. The summed E-state index contributed by atoms with van der Waals surface area (Å²) in [6, 6.07) is 13.9. The van der Waals surface area contributed by atoms with E-state index in [-0.39, 0.29) is 11.2 Å². The minimum Gasteiger partial charge on any atom is -0.385 e. The first-order chi connectivity index (χ1) is 14.6. The van der Waals surface area contributed by atoms with Crippen LogP contribution in [0.5, 0.6) is 0 Å². The summed E-state index contributed by atoms with van der Waals surface area (Å²) in [5, 5.41) is 20.8. The molecule has 0 aliphatic heterocycles. The van der Waals surface area contributed by atoms with Crippen LogP contribution in [0.25, 0.3) is 16.7 Å². The zero-order chi connectivity index (χ0) is 21.1.